The van der Waals surface area contributed by atoms with E-state index in [9.17, 15) is 4.79 Å². The van der Waals surface area contributed by atoms with Crippen LogP contribution in [-0.2, 0) is 5.54 Å². The summed E-state index contributed by atoms with van der Waals surface area (Å²) >= 11 is 1.70. The minimum atomic E-state index is -0.629. The molecule has 0 saturated carbocycles. The van der Waals surface area contributed by atoms with Crippen LogP contribution >= 0.6 is 11.8 Å². The molecular formula is C33H26N2OS. The third kappa shape index (κ3) is 3.94. The summed E-state index contributed by atoms with van der Waals surface area (Å²) in [5, 5.41) is 0. The van der Waals surface area contributed by atoms with Gasteiger partial charge >= 0.3 is 0 Å². The highest BCUT2D eigenvalue weighted by Gasteiger charge is 2.39. The topological polar surface area (TPSA) is 34.9 Å². The van der Waals surface area contributed by atoms with E-state index >= 15 is 0 Å². The second-order valence-corrected chi connectivity index (χ2v) is 10.2. The molecule has 3 nitrogen and oxygen atoms in total. The van der Waals surface area contributed by atoms with Crippen LogP contribution in [0, 0.1) is 6.92 Å². The molecule has 0 atom stereocenters. The van der Waals surface area contributed by atoms with Crippen molar-refractivity contribution in [3.63, 3.8) is 0 Å². The third-order valence-electron chi connectivity index (χ3n) is 7.10. The quantitative estimate of drug-likeness (QED) is 0.187. The van der Waals surface area contributed by atoms with Gasteiger partial charge in [-0.25, -0.2) is 4.98 Å². The highest BCUT2D eigenvalue weighted by Crippen LogP contribution is 2.42. The Hall–Kier alpha value is -4.15. The summed E-state index contributed by atoms with van der Waals surface area (Å²) < 4.78 is 2.26. The van der Waals surface area contributed by atoms with Crippen LogP contribution in [0.4, 0.5) is 0 Å². The minimum absolute atomic E-state index is 0.0868. The molecule has 0 bridgehead atoms. The Kier molecular flexibility index (Phi) is 6.11. The molecular weight excluding hydrogens is 472 g/mol. The zero-order valence-corrected chi connectivity index (χ0v) is 21.4. The number of ketones is 1. The van der Waals surface area contributed by atoms with Gasteiger partial charge in [-0.2, -0.15) is 0 Å². The van der Waals surface area contributed by atoms with Crippen molar-refractivity contribution in [2.75, 3.05) is 5.75 Å². The molecule has 1 aliphatic heterocycles. The van der Waals surface area contributed by atoms with Gasteiger partial charge in [-0.1, -0.05) is 103 Å². The SMILES string of the molecule is Cc1c(/C=C2/CSc3ccccc3C2=O)ncn1C(c1ccccc1)(c1ccccc1)c1ccccc1. The smallest absolute Gasteiger partial charge is 0.191 e. The molecule has 2 heterocycles. The molecule has 0 radical (unpaired) electrons. The second-order valence-electron chi connectivity index (χ2n) is 9.18. The van der Waals surface area contributed by atoms with Crippen LogP contribution in [0.15, 0.2) is 132 Å². The maximum absolute atomic E-state index is 13.3. The summed E-state index contributed by atoms with van der Waals surface area (Å²) in [6.07, 6.45) is 3.89. The van der Waals surface area contributed by atoms with E-state index in [1.54, 1.807) is 11.8 Å². The summed E-state index contributed by atoms with van der Waals surface area (Å²) in [5.41, 5.74) is 6.17. The Morgan fingerprint density at radius 1 is 0.757 bits per heavy atom. The van der Waals surface area contributed by atoms with Crippen molar-refractivity contribution < 1.29 is 4.79 Å². The van der Waals surface area contributed by atoms with E-state index in [-0.39, 0.29) is 5.78 Å². The van der Waals surface area contributed by atoms with Gasteiger partial charge in [-0.3, -0.25) is 4.79 Å². The second kappa shape index (κ2) is 9.72. The predicted octanol–water partition coefficient (Wildman–Crippen LogP) is 7.40. The maximum Gasteiger partial charge on any atom is 0.191 e. The molecule has 4 aromatic carbocycles. The van der Waals surface area contributed by atoms with Gasteiger partial charge in [-0.05, 0) is 41.8 Å². The van der Waals surface area contributed by atoms with Crippen molar-refractivity contribution in [2.45, 2.75) is 17.4 Å². The lowest BCUT2D eigenvalue weighted by Crippen LogP contribution is -2.38. The number of imidazole rings is 1. The van der Waals surface area contributed by atoms with Crippen LogP contribution < -0.4 is 0 Å². The van der Waals surface area contributed by atoms with Gasteiger partial charge in [0.15, 0.2) is 5.78 Å². The molecule has 0 fully saturated rings. The van der Waals surface area contributed by atoms with Crippen LogP contribution in [0.3, 0.4) is 0 Å². The van der Waals surface area contributed by atoms with Crippen molar-refractivity contribution in [3.05, 3.63) is 161 Å². The van der Waals surface area contributed by atoms with E-state index in [0.717, 1.165) is 44.1 Å². The summed E-state index contributed by atoms with van der Waals surface area (Å²) in [4.78, 5) is 19.2. The highest BCUT2D eigenvalue weighted by molar-refractivity contribution is 7.99. The van der Waals surface area contributed by atoms with Crippen LogP contribution in [-0.4, -0.2) is 21.1 Å². The number of hydrogen-bond acceptors (Lipinski definition) is 3. The van der Waals surface area contributed by atoms with Crippen molar-refractivity contribution in [2.24, 2.45) is 0 Å². The van der Waals surface area contributed by atoms with Crippen molar-refractivity contribution in [1.82, 2.24) is 9.55 Å². The van der Waals surface area contributed by atoms with E-state index in [0.29, 0.717) is 5.75 Å². The molecule has 1 aromatic heterocycles. The largest absolute Gasteiger partial charge is 0.316 e. The normalized spacial score (nSPS) is 14.5. The summed E-state index contributed by atoms with van der Waals surface area (Å²) in [6, 6.07) is 39.5. The lowest BCUT2D eigenvalue weighted by Gasteiger charge is -2.38. The number of thioether (sulfide) groups is 1. The lowest BCUT2D eigenvalue weighted by atomic mass is 9.76. The Bertz CT molecular complexity index is 1490. The van der Waals surface area contributed by atoms with Crippen molar-refractivity contribution in [1.29, 1.82) is 0 Å². The number of fused-ring (bicyclic) bond motifs is 1. The molecule has 0 saturated heterocycles. The first kappa shape index (κ1) is 23.3. The molecule has 6 rings (SSSR count). The fraction of sp³-hybridized carbons (Fsp3) is 0.0909. The highest BCUT2D eigenvalue weighted by atomic mass is 32.2. The predicted molar refractivity (Wildman–Crippen MR) is 151 cm³/mol. The third-order valence-corrected chi connectivity index (χ3v) is 8.22. The number of Topliss-reactive ketones (excluding diaryl/α,β-unsaturated/α-hetero) is 1. The van der Waals surface area contributed by atoms with Crippen LogP contribution in [0.25, 0.3) is 6.08 Å². The Morgan fingerprint density at radius 2 is 1.27 bits per heavy atom. The lowest BCUT2D eigenvalue weighted by molar-refractivity contribution is 0.103. The number of hydrogen-bond donors (Lipinski definition) is 0. The minimum Gasteiger partial charge on any atom is -0.316 e. The molecule has 0 spiro atoms. The number of benzene rings is 4. The molecule has 4 heteroatoms. The molecule has 5 aromatic rings. The Morgan fingerprint density at radius 3 is 1.84 bits per heavy atom. The summed E-state index contributed by atoms with van der Waals surface area (Å²) in [7, 11) is 0. The van der Waals surface area contributed by atoms with Gasteiger partial charge < -0.3 is 4.57 Å². The molecule has 0 aliphatic carbocycles. The number of carbonyl (C=O) groups excluding carboxylic acids is 1. The fourth-order valence-corrected chi connectivity index (χ4v) is 6.32. The van der Waals surface area contributed by atoms with Gasteiger partial charge in [0.05, 0.1) is 12.0 Å². The molecule has 0 amide bonds. The average Bonchev–Trinajstić information content (AvgIpc) is 3.32. The first-order valence-electron chi connectivity index (χ1n) is 12.4. The number of nitrogens with zero attached hydrogens (tertiary/aromatic N) is 2. The summed E-state index contributed by atoms with van der Waals surface area (Å²) in [5.74, 6) is 0.729. The van der Waals surface area contributed by atoms with E-state index < -0.39 is 5.54 Å². The van der Waals surface area contributed by atoms with Gasteiger partial charge in [0.2, 0.25) is 0 Å². The summed E-state index contributed by atoms with van der Waals surface area (Å²) in [6.45, 7) is 2.09. The zero-order valence-electron chi connectivity index (χ0n) is 20.5. The van der Waals surface area contributed by atoms with Crippen molar-refractivity contribution in [3.8, 4) is 0 Å². The van der Waals surface area contributed by atoms with Crippen LogP contribution in [0.1, 0.15) is 38.4 Å². The van der Waals surface area contributed by atoms with E-state index in [1.165, 1.54) is 0 Å². The van der Waals surface area contributed by atoms with Gasteiger partial charge in [0.25, 0.3) is 0 Å². The molecule has 0 unspecified atom stereocenters. The molecule has 37 heavy (non-hydrogen) atoms. The van der Waals surface area contributed by atoms with Gasteiger partial charge in [0.1, 0.15) is 5.54 Å². The van der Waals surface area contributed by atoms with Crippen LogP contribution in [0.5, 0.6) is 0 Å². The molecule has 1 aliphatic rings. The Balaban J connectivity index is 1.56. The number of aromatic nitrogens is 2. The Labute approximate surface area is 221 Å². The monoisotopic (exact) mass is 498 g/mol. The standard InChI is InChI=1S/C33H26N2OS/c1-24-30(21-25-22-37-31-20-12-11-19-29(31)32(25)36)34-23-35(24)33(26-13-5-2-6-14-26,27-15-7-3-8-16-27)28-17-9-4-10-18-28/h2-21,23H,22H2,1H3/b25-21-. The molecule has 0 N–H and O–H groups in total. The van der Waals surface area contributed by atoms with Crippen LogP contribution in [0.2, 0.25) is 0 Å². The zero-order chi connectivity index (χ0) is 25.2. The van der Waals surface area contributed by atoms with Gasteiger partial charge in [-0.15, -0.1) is 11.8 Å². The average molecular weight is 499 g/mol. The molecule has 180 valence electrons. The van der Waals surface area contributed by atoms with E-state index in [4.69, 9.17) is 4.98 Å². The van der Waals surface area contributed by atoms with Crippen molar-refractivity contribution >= 4 is 23.6 Å². The fourth-order valence-electron chi connectivity index (χ4n) is 5.30. The number of rotatable bonds is 5. The van der Waals surface area contributed by atoms with E-state index in [2.05, 4.69) is 84.3 Å². The maximum atomic E-state index is 13.3. The van der Waals surface area contributed by atoms with Gasteiger partial charge in [0, 0.05) is 27.5 Å². The number of carbonyl (C=O) groups is 1. The van der Waals surface area contributed by atoms with E-state index in [1.807, 2.05) is 54.9 Å². The first-order chi connectivity index (χ1) is 18.2. The first-order valence-corrected chi connectivity index (χ1v) is 13.4.